The number of nitrogens with one attached hydrogen (secondary N) is 1. The van der Waals surface area contributed by atoms with Gasteiger partial charge in [0.05, 0.1) is 5.92 Å². The van der Waals surface area contributed by atoms with Crippen molar-refractivity contribution in [2.75, 3.05) is 0 Å². The van der Waals surface area contributed by atoms with E-state index >= 15 is 0 Å². The molecule has 1 rings (SSSR count). The standard InChI is InChI=1S/C11H20F2N2/c1-7(11(12)13)10(15)6-8-2-4-9(14)5-3-8/h7-9,11,15H,2-6,14H2,1H3/t7?,8-,9-. The fourth-order valence-corrected chi connectivity index (χ4v) is 2.04. The third-order valence-corrected chi connectivity index (χ3v) is 3.33. The first-order valence-corrected chi connectivity index (χ1v) is 5.61. The molecule has 0 bridgehead atoms. The van der Waals surface area contributed by atoms with Gasteiger partial charge in [0.1, 0.15) is 0 Å². The monoisotopic (exact) mass is 218 g/mol. The van der Waals surface area contributed by atoms with Gasteiger partial charge >= 0.3 is 0 Å². The van der Waals surface area contributed by atoms with Crippen LogP contribution in [0.1, 0.15) is 39.0 Å². The van der Waals surface area contributed by atoms with Gasteiger partial charge < -0.3 is 11.1 Å². The molecule has 1 unspecified atom stereocenters. The summed E-state index contributed by atoms with van der Waals surface area (Å²) in [5, 5.41) is 7.60. The molecule has 1 fully saturated rings. The highest BCUT2D eigenvalue weighted by atomic mass is 19.3. The quantitative estimate of drug-likeness (QED) is 0.700. The first kappa shape index (κ1) is 12.6. The fourth-order valence-electron chi connectivity index (χ4n) is 2.04. The summed E-state index contributed by atoms with van der Waals surface area (Å²) < 4.78 is 24.7. The van der Waals surface area contributed by atoms with Crippen LogP contribution in [0.4, 0.5) is 8.78 Å². The summed E-state index contributed by atoms with van der Waals surface area (Å²) >= 11 is 0. The van der Waals surface area contributed by atoms with Crippen LogP contribution in [-0.2, 0) is 0 Å². The summed E-state index contributed by atoms with van der Waals surface area (Å²) in [6.07, 6.45) is 2.04. The lowest BCUT2D eigenvalue weighted by Gasteiger charge is -2.27. The van der Waals surface area contributed by atoms with Crippen LogP contribution in [-0.4, -0.2) is 18.2 Å². The summed E-state index contributed by atoms with van der Waals surface area (Å²) in [5.74, 6) is -0.487. The predicted octanol–water partition coefficient (Wildman–Crippen LogP) is 2.81. The zero-order valence-electron chi connectivity index (χ0n) is 9.18. The Morgan fingerprint density at radius 2 is 1.87 bits per heavy atom. The van der Waals surface area contributed by atoms with Crippen molar-refractivity contribution in [3.8, 4) is 0 Å². The summed E-state index contributed by atoms with van der Waals surface area (Å²) in [7, 11) is 0. The van der Waals surface area contributed by atoms with Gasteiger partial charge in [0.2, 0.25) is 6.43 Å². The van der Waals surface area contributed by atoms with E-state index in [-0.39, 0.29) is 11.8 Å². The molecular formula is C11H20F2N2. The van der Waals surface area contributed by atoms with Gasteiger partial charge in [0.25, 0.3) is 0 Å². The Morgan fingerprint density at radius 3 is 2.33 bits per heavy atom. The highest BCUT2D eigenvalue weighted by molar-refractivity contribution is 5.84. The Morgan fingerprint density at radius 1 is 1.33 bits per heavy atom. The number of alkyl halides is 2. The van der Waals surface area contributed by atoms with Gasteiger partial charge in [-0.3, -0.25) is 0 Å². The molecule has 0 amide bonds. The van der Waals surface area contributed by atoms with E-state index in [2.05, 4.69) is 0 Å². The van der Waals surface area contributed by atoms with E-state index in [1.807, 2.05) is 0 Å². The lowest BCUT2D eigenvalue weighted by atomic mass is 9.82. The van der Waals surface area contributed by atoms with Gasteiger partial charge in [-0.25, -0.2) is 8.78 Å². The van der Waals surface area contributed by atoms with Crippen LogP contribution in [0.15, 0.2) is 0 Å². The van der Waals surface area contributed by atoms with Crippen molar-refractivity contribution in [3.05, 3.63) is 0 Å². The van der Waals surface area contributed by atoms with Crippen LogP contribution in [0.5, 0.6) is 0 Å². The van der Waals surface area contributed by atoms with E-state index in [9.17, 15) is 8.78 Å². The molecule has 1 aliphatic carbocycles. The summed E-state index contributed by atoms with van der Waals surface area (Å²) in [5.41, 5.74) is 5.96. The number of rotatable bonds is 4. The third kappa shape index (κ3) is 3.86. The maximum atomic E-state index is 12.3. The van der Waals surface area contributed by atoms with Crippen LogP contribution in [0.25, 0.3) is 0 Å². The molecule has 1 aliphatic rings. The topological polar surface area (TPSA) is 49.9 Å². The predicted molar refractivity (Wildman–Crippen MR) is 57.4 cm³/mol. The van der Waals surface area contributed by atoms with Crippen molar-refractivity contribution in [2.24, 2.45) is 17.6 Å². The first-order valence-electron chi connectivity index (χ1n) is 5.61. The Kier molecular flexibility index (Phi) is 4.64. The molecule has 1 atom stereocenters. The molecule has 0 spiro atoms. The highest BCUT2D eigenvalue weighted by Gasteiger charge is 2.24. The lowest BCUT2D eigenvalue weighted by molar-refractivity contribution is 0.114. The normalized spacial score (nSPS) is 29.1. The molecule has 0 aromatic rings. The van der Waals surface area contributed by atoms with Gasteiger partial charge in [-0.15, -0.1) is 0 Å². The third-order valence-electron chi connectivity index (χ3n) is 3.33. The van der Waals surface area contributed by atoms with Crippen LogP contribution in [0.3, 0.4) is 0 Å². The lowest BCUT2D eigenvalue weighted by Crippen LogP contribution is -2.29. The van der Waals surface area contributed by atoms with Crippen LogP contribution in [0.2, 0.25) is 0 Å². The van der Waals surface area contributed by atoms with E-state index < -0.39 is 12.3 Å². The molecule has 4 heteroatoms. The molecule has 0 aliphatic heterocycles. The van der Waals surface area contributed by atoms with Crippen molar-refractivity contribution >= 4 is 5.71 Å². The molecule has 0 saturated heterocycles. The molecule has 0 heterocycles. The molecule has 0 aromatic carbocycles. The Bertz CT molecular complexity index is 211. The van der Waals surface area contributed by atoms with Gasteiger partial charge in [-0.2, -0.15) is 0 Å². The molecular weight excluding hydrogens is 198 g/mol. The SMILES string of the molecule is CC(C(=N)C[C@H]1CC[C@H](N)CC1)C(F)F. The largest absolute Gasteiger partial charge is 0.328 e. The van der Waals surface area contributed by atoms with Crippen LogP contribution in [0, 0.1) is 17.2 Å². The average molecular weight is 218 g/mol. The molecule has 3 N–H and O–H groups in total. The summed E-state index contributed by atoms with van der Waals surface area (Å²) in [6.45, 7) is 1.43. The zero-order chi connectivity index (χ0) is 11.4. The number of nitrogens with two attached hydrogens (primary N) is 1. The fraction of sp³-hybridized carbons (Fsp3) is 0.909. The summed E-state index contributed by atoms with van der Waals surface area (Å²) in [4.78, 5) is 0. The average Bonchev–Trinajstić information content (AvgIpc) is 2.20. The van der Waals surface area contributed by atoms with Gasteiger partial charge in [0.15, 0.2) is 0 Å². The van der Waals surface area contributed by atoms with E-state index in [0.717, 1.165) is 25.7 Å². The molecule has 0 aromatic heterocycles. The minimum Gasteiger partial charge on any atom is -0.328 e. The van der Waals surface area contributed by atoms with Crippen LogP contribution >= 0.6 is 0 Å². The van der Waals surface area contributed by atoms with E-state index in [4.69, 9.17) is 11.1 Å². The van der Waals surface area contributed by atoms with Crippen molar-refractivity contribution in [2.45, 2.75) is 51.5 Å². The van der Waals surface area contributed by atoms with Gasteiger partial charge in [-0.1, -0.05) is 6.92 Å². The number of halogens is 2. The van der Waals surface area contributed by atoms with E-state index in [0.29, 0.717) is 12.3 Å². The van der Waals surface area contributed by atoms with Crippen molar-refractivity contribution in [1.29, 1.82) is 5.41 Å². The Labute approximate surface area is 89.7 Å². The first-order chi connectivity index (χ1) is 7.00. The minimum atomic E-state index is -2.40. The molecule has 1 saturated carbocycles. The van der Waals surface area contributed by atoms with Crippen molar-refractivity contribution in [1.82, 2.24) is 0 Å². The van der Waals surface area contributed by atoms with Crippen molar-refractivity contribution < 1.29 is 8.78 Å². The maximum absolute atomic E-state index is 12.3. The van der Waals surface area contributed by atoms with Crippen LogP contribution < -0.4 is 5.73 Å². The second kappa shape index (κ2) is 5.54. The highest BCUT2D eigenvalue weighted by Crippen LogP contribution is 2.27. The zero-order valence-corrected chi connectivity index (χ0v) is 9.18. The summed E-state index contributed by atoms with van der Waals surface area (Å²) in [6, 6.07) is 0.281. The van der Waals surface area contributed by atoms with E-state index in [1.54, 1.807) is 0 Å². The molecule has 2 nitrogen and oxygen atoms in total. The number of hydrogen-bond donors (Lipinski definition) is 2. The second-order valence-corrected chi connectivity index (χ2v) is 4.63. The maximum Gasteiger partial charge on any atom is 0.246 e. The number of hydrogen-bond acceptors (Lipinski definition) is 2. The molecule has 88 valence electrons. The Hall–Kier alpha value is -0.510. The Balaban J connectivity index is 2.32. The molecule has 15 heavy (non-hydrogen) atoms. The van der Waals surface area contributed by atoms with Gasteiger partial charge in [0, 0.05) is 11.8 Å². The van der Waals surface area contributed by atoms with E-state index in [1.165, 1.54) is 6.92 Å². The minimum absolute atomic E-state index is 0.200. The van der Waals surface area contributed by atoms with Crippen molar-refractivity contribution in [3.63, 3.8) is 0 Å². The smallest absolute Gasteiger partial charge is 0.246 e. The molecule has 0 radical (unpaired) electrons. The second-order valence-electron chi connectivity index (χ2n) is 4.63. The van der Waals surface area contributed by atoms with Gasteiger partial charge in [-0.05, 0) is 38.0 Å².